The minimum absolute atomic E-state index is 0.224. The SMILES string of the molecule is CC1CN(CC(O)c2ccccc2N)C(C)CO1. The average molecular weight is 250 g/mol. The normalized spacial score (nSPS) is 27.1. The van der Waals surface area contributed by atoms with E-state index in [9.17, 15) is 5.11 Å². The molecule has 1 aromatic carbocycles. The lowest BCUT2D eigenvalue weighted by Gasteiger charge is -2.37. The summed E-state index contributed by atoms with van der Waals surface area (Å²) >= 11 is 0. The molecule has 0 spiro atoms. The van der Waals surface area contributed by atoms with Crippen LogP contribution in [0.2, 0.25) is 0 Å². The number of aliphatic hydroxyl groups is 1. The first-order valence-corrected chi connectivity index (χ1v) is 6.46. The van der Waals surface area contributed by atoms with Gasteiger partial charge in [0.1, 0.15) is 0 Å². The van der Waals surface area contributed by atoms with E-state index in [-0.39, 0.29) is 6.10 Å². The minimum Gasteiger partial charge on any atom is -0.398 e. The maximum atomic E-state index is 10.3. The molecule has 1 heterocycles. The number of anilines is 1. The molecule has 4 heteroatoms. The van der Waals surface area contributed by atoms with Crippen molar-refractivity contribution in [1.29, 1.82) is 0 Å². The number of nitrogens with two attached hydrogens (primary N) is 1. The fourth-order valence-electron chi connectivity index (χ4n) is 2.36. The predicted molar refractivity (Wildman–Crippen MR) is 72.3 cm³/mol. The number of rotatable bonds is 3. The zero-order valence-electron chi connectivity index (χ0n) is 11.0. The summed E-state index contributed by atoms with van der Waals surface area (Å²) in [5, 5.41) is 10.3. The number of morpholine rings is 1. The number of ether oxygens (including phenoxy) is 1. The van der Waals surface area contributed by atoms with Crippen molar-refractivity contribution in [3.63, 3.8) is 0 Å². The molecule has 3 N–H and O–H groups in total. The van der Waals surface area contributed by atoms with E-state index in [0.29, 0.717) is 18.3 Å². The summed E-state index contributed by atoms with van der Waals surface area (Å²) < 4.78 is 5.58. The van der Waals surface area contributed by atoms with Crippen LogP contribution >= 0.6 is 0 Å². The van der Waals surface area contributed by atoms with E-state index in [1.165, 1.54) is 0 Å². The van der Waals surface area contributed by atoms with Crippen molar-refractivity contribution in [3.8, 4) is 0 Å². The lowest BCUT2D eigenvalue weighted by Crippen LogP contribution is -2.48. The fraction of sp³-hybridized carbons (Fsp3) is 0.571. The van der Waals surface area contributed by atoms with Gasteiger partial charge in [0.15, 0.2) is 0 Å². The number of nitrogen functional groups attached to an aromatic ring is 1. The largest absolute Gasteiger partial charge is 0.398 e. The first-order chi connectivity index (χ1) is 8.58. The van der Waals surface area contributed by atoms with Gasteiger partial charge in [-0.1, -0.05) is 18.2 Å². The van der Waals surface area contributed by atoms with E-state index >= 15 is 0 Å². The van der Waals surface area contributed by atoms with Crippen molar-refractivity contribution >= 4 is 5.69 Å². The summed E-state index contributed by atoms with van der Waals surface area (Å²) in [6.07, 6.45) is -0.319. The molecule has 1 aromatic rings. The van der Waals surface area contributed by atoms with E-state index in [0.717, 1.165) is 18.7 Å². The molecular weight excluding hydrogens is 228 g/mol. The van der Waals surface area contributed by atoms with Crippen LogP contribution in [-0.4, -0.2) is 41.8 Å². The Bertz CT molecular complexity index is 397. The topological polar surface area (TPSA) is 58.7 Å². The van der Waals surface area contributed by atoms with Crippen LogP contribution in [0.5, 0.6) is 0 Å². The Kier molecular flexibility index (Phi) is 4.22. The highest BCUT2D eigenvalue weighted by Gasteiger charge is 2.26. The minimum atomic E-state index is -0.543. The Labute approximate surface area is 108 Å². The van der Waals surface area contributed by atoms with E-state index in [1.54, 1.807) is 0 Å². The maximum Gasteiger partial charge on any atom is 0.0936 e. The second-order valence-electron chi connectivity index (χ2n) is 5.09. The van der Waals surface area contributed by atoms with Gasteiger partial charge in [0.25, 0.3) is 0 Å². The predicted octanol–water partition coefficient (Wildman–Crippen LogP) is 1.41. The number of nitrogens with zero attached hydrogens (tertiary/aromatic N) is 1. The molecular formula is C14H22N2O2. The molecule has 3 unspecified atom stereocenters. The Morgan fingerprint density at radius 3 is 2.89 bits per heavy atom. The van der Waals surface area contributed by atoms with Crippen LogP contribution in [0.25, 0.3) is 0 Å². The van der Waals surface area contributed by atoms with E-state index in [1.807, 2.05) is 24.3 Å². The smallest absolute Gasteiger partial charge is 0.0936 e. The van der Waals surface area contributed by atoms with Crippen LogP contribution < -0.4 is 5.73 Å². The third kappa shape index (κ3) is 3.02. The number of hydrogen-bond donors (Lipinski definition) is 2. The average Bonchev–Trinajstić information content (AvgIpc) is 2.34. The number of β-amino-alcohol motifs (C(OH)–C–C–N with tert-alkyl or cyclic N) is 1. The molecule has 0 amide bonds. The highest BCUT2D eigenvalue weighted by molar-refractivity contribution is 5.47. The molecule has 100 valence electrons. The third-order valence-corrected chi connectivity index (χ3v) is 3.50. The van der Waals surface area contributed by atoms with E-state index in [4.69, 9.17) is 10.5 Å². The van der Waals surface area contributed by atoms with Gasteiger partial charge in [0.2, 0.25) is 0 Å². The lowest BCUT2D eigenvalue weighted by molar-refractivity contribution is -0.0619. The lowest BCUT2D eigenvalue weighted by atomic mass is 10.1. The molecule has 0 radical (unpaired) electrons. The number of benzene rings is 1. The molecule has 3 atom stereocenters. The monoisotopic (exact) mass is 250 g/mol. The summed E-state index contributed by atoms with van der Waals surface area (Å²) in [7, 11) is 0. The number of hydrogen-bond acceptors (Lipinski definition) is 4. The third-order valence-electron chi connectivity index (χ3n) is 3.50. The molecule has 2 rings (SSSR count). The van der Waals surface area contributed by atoms with Crippen LogP contribution in [0.4, 0.5) is 5.69 Å². The summed E-state index contributed by atoms with van der Waals surface area (Å²) in [6, 6.07) is 7.82. The second kappa shape index (κ2) is 5.69. The van der Waals surface area contributed by atoms with Gasteiger partial charge in [-0.05, 0) is 19.9 Å². The fourth-order valence-corrected chi connectivity index (χ4v) is 2.36. The molecule has 1 aliphatic heterocycles. The molecule has 18 heavy (non-hydrogen) atoms. The number of para-hydroxylation sites is 1. The van der Waals surface area contributed by atoms with Gasteiger partial charge in [-0.25, -0.2) is 0 Å². The van der Waals surface area contributed by atoms with Gasteiger partial charge in [-0.3, -0.25) is 4.90 Å². The molecule has 0 aromatic heterocycles. The molecule has 1 aliphatic rings. The molecule has 1 saturated heterocycles. The molecule has 0 bridgehead atoms. The maximum absolute atomic E-state index is 10.3. The highest BCUT2D eigenvalue weighted by atomic mass is 16.5. The Morgan fingerprint density at radius 2 is 2.17 bits per heavy atom. The van der Waals surface area contributed by atoms with Gasteiger partial charge in [-0.15, -0.1) is 0 Å². The Balaban J connectivity index is 2.02. The van der Waals surface area contributed by atoms with Crippen LogP contribution in [0.1, 0.15) is 25.5 Å². The van der Waals surface area contributed by atoms with Gasteiger partial charge in [0.05, 0.1) is 18.8 Å². The van der Waals surface area contributed by atoms with Gasteiger partial charge < -0.3 is 15.6 Å². The van der Waals surface area contributed by atoms with Crippen molar-refractivity contribution in [3.05, 3.63) is 29.8 Å². The van der Waals surface area contributed by atoms with Crippen molar-refractivity contribution < 1.29 is 9.84 Å². The standard InChI is InChI=1S/C14H22N2O2/c1-10-9-18-11(2)7-16(10)8-14(17)12-5-3-4-6-13(12)15/h3-6,10-11,14,17H,7-9,15H2,1-2H3. The first-order valence-electron chi connectivity index (χ1n) is 6.46. The Morgan fingerprint density at radius 1 is 1.44 bits per heavy atom. The van der Waals surface area contributed by atoms with Gasteiger partial charge in [-0.2, -0.15) is 0 Å². The number of aliphatic hydroxyl groups excluding tert-OH is 1. The van der Waals surface area contributed by atoms with Crippen LogP contribution in [0, 0.1) is 0 Å². The van der Waals surface area contributed by atoms with E-state index < -0.39 is 6.10 Å². The second-order valence-corrected chi connectivity index (χ2v) is 5.09. The van der Waals surface area contributed by atoms with Crippen LogP contribution in [0.3, 0.4) is 0 Å². The zero-order chi connectivity index (χ0) is 13.1. The summed E-state index contributed by atoms with van der Waals surface area (Å²) in [4.78, 5) is 2.26. The molecule has 0 aliphatic carbocycles. The van der Waals surface area contributed by atoms with Crippen LogP contribution in [-0.2, 0) is 4.74 Å². The summed E-state index contributed by atoms with van der Waals surface area (Å²) in [5.41, 5.74) is 7.35. The molecule has 0 saturated carbocycles. The van der Waals surface area contributed by atoms with E-state index in [2.05, 4.69) is 18.7 Å². The van der Waals surface area contributed by atoms with Crippen LogP contribution in [0.15, 0.2) is 24.3 Å². The summed E-state index contributed by atoms with van der Waals surface area (Å²) in [5.74, 6) is 0. The first kappa shape index (κ1) is 13.3. The quantitative estimate of drug-likeness (QED) is 0.796. The van der Waals surface area contributed by atoms with Crippen molar-refractivity contribution in [2.24, 2.45) is 0 Å². The van der Waals surface area contributed by atoms with Gasteiger partial charge >= 0.3 is 0 Å². The van der Waals surface area contributed by atoms with Gasteiger partial charge in [0, 0.05) is 30.4 Å². The highest BCUT2D eigenvalue weighted by Crippen LogP contribution is 2.23. The van der Waals surface area contributed by atoms with Crippen molar-refractivity contribution in [2.45, 2.75) is 32.1 Å². The Hall–Kier alpha value is -1.10. The van der Waals surface area contributed by atoms with Crippen molar-refractivity contribution in [2.75, 3.05) is 25.4 Å². The molecule has 1 fully saturated rings. The zero-order valence-corrected chi connectivity index (χ0v) is 11.0. The molecule has 4 nitrogen and oxygen atoms in total. The summed E-state index contributed by atoms with van der Waals surface area (Å²) in [6.45, 7) is 6.35. The van der Waals surface area contributed by atoms with Crippen molar-refractivity contribution in [1.82, 2.24) is 4.90 Å².